The second-order valence-electron chi connectivity index (χ2n) is 6.27. The van der Waals surface area contributed by atoms with Crippen molar-refractivity contribution >= 4 is 34.4 Å². The third kappa shape index (κ3) is 4.17. The fourth-order valence-corrected chi connectivity index (χ4v) is 8.85. The van der Waals surface area contributed by atoms with Gasteiger partial charge in [-0.15, -0.1) is 11.4 Å². The van der Waals surface area contributed by atoms with Crippen LogP contribution in [0.4, 0.5) is 0 Å². The molecule has 0 amide bonds. The first-order valence-electron chi connectivity index (χ1n) is 7.57. The van der Waals surface area contributed by atoms with Crippen molar-refractivity contribution in [2.75, 3.05) is 7.11 Å². The van der Waals surface area contributed by atoms with Gasteiger partial charge in [0, 0.05) is 16.5 Å². The molecule has 1 aliphatic carbocycles. The molecule has 122 valence electrons. The van der Waals surface area contributed by atoms with Gasteiger partial charge in [0.1, 0.15) is 5.75 Å². The summed E-state index contributed by atoms with van der Waals surface area (Å²) >= 11 is 7.57. The maximum atomic E-state index is 10.7. The lowest BCUT2D eigenvalue weighted by Crippen LogP contribution is -2.42. The van der Waals surface area contributed by atoms with Crippen molar-refractivity contribution in [2.24, 2.45) is 5.92 Å². The smallest absolute Gasteiger partial charge is 0.127 e. The summed E-state index contributed by atoms with van der Waals surface area (Å²) in [6.07, 6.45) is 2.80. The minimum Gasteiger partial charge on any atom is -0.496 e. The van der Waals surface area contributed by atoms with Gasteiger partial charge in [0.25, 0.3) is 0 Å². The Morgan fingerprint density at radius 2 is 2.18 bits per heavy atom. The number of hydrogen-bond donors (Lipinski definition) is 1. The number of rotatable bonds is 5. The number of hydrogen-bond acceptors (Lipinski definition) is 4. The van der Waals surface area contributed by atoms with Crippen molar-refractivity contribution in [2.45, 2.75) is 44.0 Å². The predicted molar refractivity (Wildman–Crippen MR) is 102 cm³/mol. The van der Waals surface area contributed by atoms with E-state index in [1.807, 2.05) is 25.1 Å². The van der Waals surface area contributed by atoms with Crippen LogP contribution >= 0.6 is 17.3 Å². The van der Waals surface area contributed by atoms with Crippen molar-refractivity contribution in [1.82, 2.24) is 0 Å². The largest absolute Gasteiger partial charge is 0.496 e. The van der Waals surface area contributed by atoms with Crippen LogP contribution in [-0.2, 0) is 11.8 Å². The zero-order valence-corrected chi connectivity index (χ0v) is 16.1. The Labute approximate surface area is 143 Å². The van der Waals surface area contributed by atoms with E-state index in [-0.39, 0.29) is 5.25 Å². The fourth-order valence-electron chi connectivity index (χ4n) is 2.89. The highest BCUT2D eigenvalue weighted by Gasteiger charge is 2.39. The lowest BCUT2D eigenvalue weighted by Gasteiger charge is -2.41. The van der Waals surface area contributed by atoms with Gasteiger partial charge in [-0.05, 0) is 51.2 Å². The van der Waals surface area contributed by atoms with Gasteiger partial charge in [-0.1, -0.05) is 36.1 Å². The zero-order valence-electron chi connectivity index (χ0n) is 13.5. The second kappa shape index (κ2) is 7.53. The van der Waals surface area contributed by atoms with Crippen LogP contribution in [0.25, 0.3) is 0 Å². The van der Waals surface area contributed by atoms with Crippen LogP contribution in [0.1, 0.15) is 33.1 Å². The number of ether oxygens (including phenoxy) is 1. The topological polar surface area (TPSA) is 29.5 Å². The van der Waals surface area contributed by atoms with Gasteiger partial charge >= 0.3 is 0 Å². The van der Waals surface area contributed by atoms with E-state index in [1.165, 1.54) is 5.57 Å². The summed E-state index contributed by atoms with van der Waals surface area (Å²) < 4.78 is 5.44. The summed E-state index contributed by atoms with van der Waals surface area (Å²) in [5.74, 6) is 0.125. The molecule has 0 saturated heterocycles. The van der Waals surface area contributed by atoms with Gasteiger partial charge in [-0.3, -0.25) is 0 Å². The number of aliphatic hydroxyl groups is 1. The van der Waals surface area contributed by atoms with Crippen molar-refractivity contribution in [3.8, 4) is 5.75 Å². The molecular weight excluding hydrogens is 331 g/mol. The standard InChI is InChI=1S/C17H25O2PS2/c1-12(2)13-9-10-17(3,18)16(11-13)22-20(21)15-8-6-5-7-14(15)19-4/h5-8,13,16,18,20H,1,9-11H2,2-4H3/t13-,16+,17+/m0/s1. The first-order valence-corrected chi connectivity index (χ1v) is 11.8. The Morgan fingerprint density at radius 1 is 1.50 bits per heavy atom. The van der Waals surface area contributed by atoms with Crippen LogP contribution in [0.5, 0.6) is 5.75 Å². The van der Waals surface area contributed by atoms with Crippen molar-refractivity contribution in [3.63, 3.8) is 0 Å². The van der Waals surface area contributed by atoms with Gasteiger partial charge in [0.05, 0.1) is 12.7 Å². The minimum absolute atomic E-state index is 0.166. The van der Waals surface area contributed by atoms with E-state index in [4.69, 9.17) is 16.5 Å². The maximum absolute atomic E-state index is 10.7. The summed E-state index contributed by atoms with van der Waals surface area (Å²) in [5.41, 5.74) is 0.574. The molecule has 1 aromatic rings. The molecule has 1 aliphatic rings. The summed E-state index contributed by atoms with van der Waals surface area (Å²) in [7, 11) is 1.68. The van der Waals surface area contributed by atoms with Crippen LogP contribution < -0.4 is 10.0 Å². The molecule has 1 N–H and O–H groups in total. The molecule has 0 aromatic heterocycles. The van der Waals surface area contributed by atoms with Crippen LogP contribution in [0.15, 0.2) is 36.4 Å². The molecule has 2 rings (SSSR count). The molecule has 1 saturated carbocycles. The van der Waals surface area contributed by atoms with E-state index in [9.17, 15) is 5.11 Å². The number of para-hydroxylation sites is 1. The molecule has 0 spiro atoms. The van der Waals surface area contributed by atoms with Crippen molar-refractivity contribution in [3.05, 3.63) is 36.4 Å². The molecule has 0 heterocycles. The molecule has 1 unspecified atom stereocenters. The summed E-state index contributed by atoms with van der Waals surface area (Å²) in [4.78, 5) is 0. The molecule has 5 heteroatoms. The minimum atomic E-state index is -1.24. The highest BCUT2D eigenvalue weighted by molar-refractivity contribution is 8.66. The highest BCUT2D eigenvalue weighted by atomic mass is 32.9. The van der Waals surface area contributed by atoms with Gasteiger partial charge in [-0.2, -0.15) is 0 Å². The van der Waals surface area contributed by atoms with Crippen LogP contribution in [0.3, 0.4) is 0 Å². The molecule has 0 bridgehead atoms. The third-order valence-corrected chi connectivity index (χ3v) is 10.2. The molecular formula is C17H25O2PS2. The normalized spacial score (nSPS) is 29.8. The Kier molecular flexibility index (Phi) is 6.18. The number of benzene rings is 1. The van der Waals surface area contributed by atoms with Crippen molar-refractivity contribution in [1.29, 1.82) is 0 Å². The molecule has 0 aliphatic heterocycles. The molecule has 1 aromatic carbocycles. The molecule has 4 atom stereocenters. The van der Waals surface area contributed by atoms with Crippen LogP contribution in [0, 0.1) is 5.92 Å². The lowest BCUT2D eigenvalue weighted by molar-refractivity contribution is 0.0198. The highest BCUT2D eigenvalue weighted by Crippen LogP contribution is 2.51. The Hall–Kier alpha value is -0.280. The predicted octanol–water partition coefficient (Wildman–Crippen LogP) is 4.14. The Balaban J connectivity index is 2.16. The SMILES string of the molecule is C=C(C)[C@H]1CC[C@@](C)(O)[C@H](S[PH](=S)c2ccccc2OC)C1. The van der Waals surface area contributed by atoms with Gasteiger partial charge in [0.15, 0.2) is 0 Å². The van der Waals surface area contributed by atoms with Gasteiger partial charge in [0.2, 0.25) is 0 Å². The summed E-state index contributed by atoms with van der Waals surface area (Å²) in [6.45, 7) is 8.14. The Bertz CT molecular complexity index is 572. The van der Waals surface area contributed by atoms with E-state index in [1.54, 1.807) is 18.5 Å². The van der Waals surface area contributed by atoms with Crippen LogP contribution in [0.2, 0.25) is 0 Å². The average Bonchev–Trinajstić information content (AvgIpc) is 2.48. The molecule has 0 radical (unpaired) electrons. The van der Waals surface area contributed by atoms with E-state index < -0.39 is 11.5 Å². The van der Waals surface area contributed by atoms with E-state index >= 15 is 0 Å². The number of allylic oxidation sites excluding steroid dienone is 1. The first-order chi connectivity index (χ1) is 10.3. The molecule has 2 nitrogen and oxygen atoms in total. The second-order valence-corrected chi connectivity index (χ2v) is 12.1. The molecule has 1 fully saturated rings. The monoisotopic (exact) mass is 356 g/mol. The van der Waals surface area contributed by atoms with E-state index in [0.717, 1.165) is 30.3 Å². The lowest BCUT2D eigenvalue weighted by atomic mass is 9.77. The third-order valence-electron chi connectivity index (χ3n) is 4.46. The summed E-state index contributed by atoms with van der Waals surface area (Å²) in [5, 5.41) is 12.0. The van der Waals surface area contributed by atoms with Crippen molar-refractivity contribution < 1.29 is 9.84 Å². The zero-order chi connectivity index (χ0) is 16.3. The van der Waals surface area contributed by atoms with E-state index in [2.05, 4.69) is 19.6 Å². The van der Waals surface area contributed by atoms with Gasteiger partial charge < -0.3 is 9.84 Å². The quantitative estimate of drug-likeness (QED) is 0.634. The van der Waals surface area contributed by atoms with Crippen LogP contribution in [-0.4, -0.2) is 23.1 Å². The first kappa shape index (κ1) is 18.1. The number of methoxy groups -OCH3 is 1. The summed E-state index contributed by atoms with van der Waals surface area (Å²) in [6, 6.07) is 7.99. The average molecular weight is 356 g/mol. The van der Waals surface area contributed by atoms with E-state index in [0.29, 0.717) is 5.92 Å². The fraction of sp³-hybridized carbons (Fsp3) is 0.529. The molecule has 22 heavy (non-hydrogen) atoms. The van der Waals surface area contributed by atoms with Gasteiger partial charge in [-0.25, -0.2) is 0 Å². The Morgan fingerprint density at radius 3 is 2.82 bits per heavy atom. The maximum Gasteiger partial charge on any atom is 0.127 e.